The van der Waals surface area contributed by atoms with Gasteiger partial charge in [-0.1, -0.05) is 66.8 Å². The van der Waals surface area contributed by atoms with Crippen molar-refractivity contribution in [1.29, 1.82) is 0 Å². The molecule has 0 heteroatoms. The van der Waals surface area contributed by atoms with Crippen molar-refractivity contribution in [2.75, 3.05) is 0 Å². The van der Waals surface area contributed by atoms with Crippen molar-refractivity contribution >= 4 is 0 Å². The Morgan fingerprint density at radius 3 is 2.50 bits per heavy atom. The Kier molecular flexibility index (Phi) is 9.00. The second-order valence-corrected chi connectivity index (χ2v) is 3.59. The second-order valence-electron chi connectivity index (χ2n) is 3.59. The van der Waals surface area contributed by atoms with E-state index in [1.165, 1.54) is 5.57 Å². The quantitative estimate of drug-likeness (QED) is 0.413. The van der Waals surface area contributed by atoms with E-state index >= 15 is 0 Å². The molecule has 0 aliphatic heterocycles. The lowest BCUT2D eigenvalue weighted by Gasteiger charge is -2.01. The summed E-state index contributed by atoms with van der Waals surface area (Å²) in [5.41, 5.74) is 1.18. The standard InChI is InChI=1S/C16H22/c1-5-8-9-13-16(7-3)14-11-10-12-15(4)6-2/h5-13,16H,2-3,14H2,1,4H3/b8-5-,11-10+,13-9?,15-12-. The van der Waals surface area contributed by atoms with Gasteiger partial charge in [0.25, 0.3) is 0 Å². The summed E-state index contributed by atoms with van der Waals surface area (Å²) >= 11 is 0. The van der Waals surface area contributed by atoms with Crippen LogP contribution >= 0.6 is 0 Å². The van der Waals surface area contributed by atoms with Crippen LogP contribution in [0.15, 0.2) is 73.4 Å². The van der Waals surface area contributed by atoms with Crippen LogP contribution in [0.4, 0.5) is 0 Å². The van der Waals surface area contributed by atoms with Gasteiger partial charge in [-0.05, 0) is 26.2 Å². The SMILES string of the molecule is C=C/C(C)=C\C=C\CC(C=C)C=C/C=C\C. The summed E-state index contributed by atoms with van der Waals surface area (Å²) < 4.78 is 0. The van der Waals surface area contributed by atoms with E-state index in [1.54, 1.807) is 0 Å². The molecule has 0 amide bonds. The summed E-state index contributed by atoms with van der Waals surface area (Å²) in [6.45, 7) is 11.6. The van der Waals surface area contributed by atoms with Gasteiger partial charge < -0.3 is 0 Å². The molecule has 0 nitrogen and oxygen atoms in total. The summed E-state index contributed by atoms with van der Waals surface area (Å²) in [4.78, 5) is 0. The lowest BCUT2D eigenvalue weighted by molar-refractivity contribution is 0.834. The number of hydrogen-bond donors (Lipinski definition) is 0. The predicted octanol–water partition coefficient (Wildman–Crippen LogP) is 5.00. The van der Waals surface area contributed by atoms with Gasteiger partial charge in [-0.15, -0.1) is 6.58 Å². The van der Waals surface area contributed by atoms with Gasteiger partial charge in [0.15, 0.2) is 0 Å². The zero-order chi connectivity index (χ0) is 12.2. The van der Waals surface area contributed by atoms with E-state index in [9.17, 15) is 0 Å². The van der Waals surface area contributed by atoms with E-state index in [-0.39, 0.29) is 0 Å². The van der Waals surface area contributed by atoms with Gasteiger partial charge in [0, 0.05) is 0 Å². The first-order valence-electron chi connectivity index (χ1n) is 5.62. The molecule has 0 aromatic heterocycles. The summed E-state index contributed by atoms with van der Waals surface area (Å²) in [6, 6.07) is 0. The summed E-state index contributed by atoms with van der Waals surface area (Å²) in [7, 11) is 0. The predicted molar refractivity (Wildman–Crippen MR) is 75.4 cm³/mol. The Labute approximate surface area is 100 Å². The molecule has 0 N–H and O–H groups in total. The van der Waals surface area contributed by atoms with Gasteiger partial charge in [-0.25, -0.2) is 0 Å². The van der Waals surface area contributed by atoms with Gasteiger partial charge in [0.2, 0.25) is 0 Å². The molecule has 0 aliphatic rings. The largest absolute Gasteiger partial charge is 0.102 e. The van der Waals surface area contributed by atoms with Gasteiger partial charge in [0.05, 0.1) is 0 Å². The Hall–Kier alpha value is -1.56. The Balaban J connectivity index is 4.14. The van der Waals surface area contributed by atoms with Crippen molar-refractivity contribution < 1.29 is 0 Å². The fraction of sp³-hybridized carbons (Fsp3) is 0.250. The fourth-order valence-electron chi connectivity index (χ4n) is 1.09. The van der Waals surface area contributed by atoms with Crippen molar-refractivity contribution in [3.8, 4) is 0 Å². The highest BCUT2D eigenvalue weighted by molar-refractivity contribution is 5.20. The molecular formula is C16H22. The molecule has 0 aromatic rings. The van der Waals surface area contributed by atoms with Crippen LogP contribution in [0.5, 0.6) is 0 Å². The summed E-state index contributed by atoms with van der Waals surface area (Å²) in [5, 5.41) is 0. The molecule has 1 unspecified atom stereocenters. The molecule has 0 aliphatic carbocycles. The van der Waals surface area contributed by atoms with Crippen LogP contribution in [-0.2, 0) is 0 Å². The summed E-state index contributed by atoms with van der Waals surface area (Å²) in [6.07, 6.45) is 19.3. The molecule has 0 spiro atoms. The van der Waals surface area contributed by atoms with Gasteiger partial charge >= 0.3 is 0 Å². The van der Waals surface area contributed by atoms with Gasteiger partial charge in [0.1, 0.15) is 0 Å². The third-order valence-corrected chi connectivity index (χ3v) is 2.19. The van der Waals surface area contributed by atoms with Crippen molar-refractivity contribution in [2.45, 2.75) is 20.3 Å². The first-order valence-corrected chi connectivity index (χ1v) is 5.62. The minimum absolute atomic E-state index is 0.407. The van der Waals surface area contributed by atoms with Crippen LogP contribution in [-0.4, -0.2) is 0 Å². The fourth-order valence-corrected chi connectivity index (χ4v) is 1.09. The highest BCUT2D eigenvalue weighted by Gasteiger charge is 1.93. The maximum Gasteiger partial charge on any atom is -0.00184 e. The van der Waals surface area contributed by atoms with Gasteiger partial charge in [-0.2, -0.15) is 0 Å². The van der Waals surface area contributed by atoms with Crippen LogP contribution in [0, 0.1) is 5.92 Å². The van der Waals surface area contributed by atoms with E-state index in [2.05, 4.69) is 43.5 Å². The first kappa shape index (κ1) is 14.4. The third-order valence-electron chi connectivity index (χ3n) is 2.19. The lowest BCUT2D eigenvalue weighted by Crippen LogP contribution is -1.87. The molecule has 0 saturated carbocycles. The Bertz CT molecular complexity index is 311. The molecular weight excluding hydrogens is 192 g/mol. The normalized spacial score (nSPS) is 15.0. The molecule has 1 atom stereocenters. The number of allylic oxidation sites excluding steroid dienone is 10. The van der Waals surface area contributed by atoms with Crippen LogP contribution in [0.2, 0.25) is 0 Å². The van der Waals surface area contributed by atoms with E-state index in [0.29, 0.717) is 5.92 Å². The molecule has 0 radical (unpaired) electrons. The molecule has 0 fully saturated rings. The van der Waals surface area contributed by atoms with Gasteiger partial charge in [-0.3, -0.25) is 0 Å². The van der Waals surface area contributed by atoms with Crippen molar-refractivity contribution in [1.82, 2.24) is 0 Å². The Morgan fingerprint density at radius 1 is 1.19 bits per heavy atom. The average molecular weight is 214 g/mol. The minimum Gasteiger partial charge on any atom is -0.102 e. The monoisotopic (exact) mass is 214 g/mol. The van der Waals surface area contributed by atoms with E-state index in [4.69, 9.17) is 0 Å². The smallest absolute Gasteiger partial charge is 0.00184 e. The summed E-state index contributed by atoms with van der Waals surface area (Å²) in [5.74, 6) is 0.407. The van der Waals surface area contributed by atoms with E-state index < -0.39 is 0 Å². The highest BCUT2D eigenvalue weighted by atomic mass is 14.0. The van der Waals surface area contributed by atoms with Crippen molar-refractivity contribution in [3.05, 3.63) is 73.4 Å². The molecule has 0 rings (SSSR count). The molecule has 0 aromatic carbocycles. The highest BCUT2D eigenvalue weighted by Crippen LogP contribution is 2.08. The lowest BCUT2D eigenvalue weighted by atomic mass is 10.0. The van der Waals surface area contributed by atoms with Crippen molar-refractivity contribution in [2.24, 2.45) is 5.92 Å². The van der Waals surface area contributed by atoms with E-state index in [1.807, 2.05) is 38.2 Å². The number of rotatable bonds is 7. The molecule has 86 valence electrons. The molecule has 0 saturated heterocycles. The second kappa shape index (κ2) is 9.97. The zero-order valence-electron chi connectivity index (χ0n) is 10.4. The van der Waals surface area contributed by atoms with Crippen LogP contribution in [0.25, 0.3) is 0 Å². The first-order chi connectivity index (χ1) is 7.74. The maximum atomic E-state index is 3.83. The van der Waals surface area contributed by atoms with Crippen molar-refractivity contribution in [3.63, 3.8) is 0 Å². The third kappa shape index (κ3) is 7.81. The maximum absolute atomic E-state index is 3.83. The topological polar surface area (TPSA) is 0 Å². The average Bonchev–Trinajstić information content (AvgIpc) is 2.31. The molecule has 0 bridgehead atoms. The zero-order valence-corrected chi connectivity index (χ0v) is 10.4. The van der Waals surface area contributed by atoms with Crippen LogP contribution in [0.3, 0.4) is 0 Å². The molecule has 0 heterocycles. The molecule has 16 heavy (non-hydrogen) atoms. The Morgan fingerprint density at radius 2 is 1.94 bits per heavy atom. The van der Waals surface area contributed by atoms with Crippen LogP contribution < -0.4 is 0 Å². The van der Waals surface area contributed by atoms with Crippen LogP contribution in [0.1, 0.15) is 20.3 Å². The van der Waals surface area contributed by atoms with E-state index in [0.717, 1.165) is 6.42 Å². The number of hydrogen-bond acceptors (Lipinski definition) is 0. The minimum atomic E-state index is 0.407.